The third-order valence-corrected chi connectivity index (χ3v) is 17.2. The van der Waals surface area contributed by atoms with Gasteiger partial charge in [0.05, 0.1) is 124 Å². The highest BCUT2D eigenvalue weighted by Gasteiger charge is 2.17. The Balaban J connectivity index is 0.000000273. The van der Waals surface area contributed by atoms with Crippen molar-refractivity contribution in [3.8, 4) is 31.7 Å². The number of Topliss-reactive ketones (excluding diaryl/α,β-unsaturated/α-hetero) is 3. The fourth-order valence-corrected chi connectivity index (χ4v) is 12.4. The van der Waals surface area contributed by atoms with Crippen molar-refractivity contribution >= 4 is 143 Å². The molecule has 9 aromatic heterocycles. The Morgan fingerprint density at radius 1 is 0.557 bits per heavy atom. The molecule has 22 nitrogen and oxygen atoms in total. The van der Waals surface area contributed by atoms with Crippen LogP contribution in [0.4, 0.5) is 5.13 Å². The zero-order valence-corrected chi connectivity index (χ0v) is 50.2. The molecule has 9 rings (SSSR count). The number of anilines is 1. The lowest BCUT2D eigenvalue weighted by molar-refractivity contribution is -0.193. The van der Waals surface area contributed by atoms with E-state index in [2.05, 4.69) is 58.9 Å². The summed E-state index contributed by atoms with van der Waals surface area (Å²) in [7, 11) is 0. The summed E-state index contributed by atoms with van der Waals surface area (Å²) < 4.78 is 3.06. The molecule has 0 radical (unpaired) electrons. The Morgan fingerprint density at radius 2 is 0.937 bits per heavy atom. The number of ketones is 3. The molecule has 0 aromatic carbocycles. The van der Waals surface area contributed by atoms with Crippen LogP contribution in [0.25, 0.3) is 31.7 Å². The summed E-state index contributed by atoms with van der Waals surface area (Å²) in [6.45, 7) is 14.0. The number of hydrogen-bond donors (Lipinski definition) is 2. The standard InChI is InChI=1S/C15H15ClN4OS2.C14H13ClN4O2S2.C9H11N3S2.C7H9NOS.3CO2/c1-3-13-18-9(2)15(23-13)12-8-22-14(19-12)4-11(21)7-20-6-10(16)5-17-20;1-8-14(23-13(6-20)17-8)11-7-22-12(18-11)2-10(21)5-19-4-9(15)3-16-19;1-3-7-11-5(2)8(14-7)6-4-13-9(10)12-6;1-3-7-8-4-6(10-7)5(2)9;3*2-1-3/h5-6,8H,3-4,7H2,1-2H3;3-4,7,20H,2,5-6H2,1H3;4H,3H2,1-2H3,(H2,10,12);4H,3H2,1-2H3;;;. The van der Waals surface area contributed by atoms with Crippen LogP contribution in [0, 0.1) is 20.8 Å². The lowest BCUT2D eigenvalue weighted by Gasteiger charge is -1.98. The molecule has 0 atom stereocenters. The number of thiazole rings is 7. The highest BCUT2D eigenvalue weighted by atomic mass is 35.5. The Labute approximate surface area is 489 Å². The summed E-state index contributed by atoms with van der Waals surface area (Å²) >= 11 is 22.3. The van der Waals surface area contributed by atoms with Crippen LogP contribution in [0.5, 0.6) is 0 Å². The van der Waals surface area contributed by atoms with Crippen molar-refractivity contribution < 1.29 is 48.3 Å². The van der Waals surface area contributed by atoms with Gasteiger partial charge >= 0.3 is 18.5 Å². The van der Waals surface area contributed by atoms with Crippen molar-refractivity contribution in [2.45, 2.75) is 100 Å². The van der Waals surface area contributed by atoms with Crippen molar-refractivity contribution in [3.05, 3.63) is 109 Å². The summed E-state index contributed by atoms with van der Waals surface area (Å²) in [5.74, 6) is 0.181. The minimum Gasteiger partial charge on any atom is -0.389 e. The molecule has 0 aliphatic carbocycles. The quantitative estimate of drug-likeness (QED) is 0.0850. The maximum Gasteiger partial charge on any atom is 0.373 e. The van der Waals surface area contributed by atoms with Crippen molar-refractivity contribution in [2.75, 3.05) is 5.73 Å². The number of nitrogen functional groups attached to an aromatic ring is 1. The molecular formula is C48H48Cl2N12O10S7. The van der Waals surface area contributed by atoms with Gasteiger partial charge in [0.1, 0.15) is 15.0 Å². The Kier molecular flexibility index (Phi) is 29.5. The first-order valence-corrected chi connectivity index (χ1v) is 29.4. The number of nitrogens with two attached hydrogens (primary N) is 1. The van der Waals surface area contributed by atoms with Gasteiger partial charge in [-0.05, 0) is 40.0 Å². The lowest BCUT2D eigenvalue weighted by Crippen LogP contribution is -2.12. The average Bonchev–Trinajstić information content (AvgIpc) is 4.27. The highest BCUT2D eigenvalue weighted by Crippen LogP contribution is 2.34. The molecule has 0 saturated carbocycles. The van der Waals surface area contributed by atoms with Gasteiger partial charge < -0.3 is 10.8 Å². The maximum absolute atomic E-state index is 12.1. The van der Waals surface area contributed by atoms with Crippen LogP contribution >= 0.6 is 103 Å². The number of nitrogens with zero attached hydrogens (tertiary/aromatic N) is 11. The minimum atomic E-state index is -0.0760. The fourth-order valence-electron chi connectivity index (χ4n) is 6.12. The SMILES string of the molecule is CCc1nc(C)c(-c2csc(CC(=O)Cn3cc(Cl)cn3)n2)s1.CCc1nc(C)c(-c2csc(N)n2)s1.CCc1ncc(C(C)=O)s1.Cc1nc(CO)sc1-c1csc(CC(=O)Cn2cc(Cl)cn2)n1.O=C=O.O=C=O.O=C=O. The van der Waals surface area contributed by atoms with Crippen LogP contribution in [0.15, 0.2) is 47.1 Å². The van der Waals surface area contributed by atoms with Gasteiger partial charge in [0.25, 0.3) is 0 Å². The van der Waals surface area contributed by atoms with Gasteiger partial charge in [0.15, 0.2) is 22.5 Å². The third-order valence-electron chi connectivity index (χ3n) is 9.37. The van der Waals surface area contributed by atoms with Gasteiger partial charge in [-0.15, -0.1) is 79.4 Å². The van der Waals surface area contributed by atoms with Gasteiger partial charge in [-0.3, -0.25) is 23.7 Å². The van der Waals surface area contributed by atoms with E-state index in [9.17, 15) is 14.4 Å². The highest BCUT2D eigenvalue weighted by molar-refractivity contribution is 7.17. The topological polar surface area (TPSA) is 326 Å². The number of rotatable bonds is 16. The van der Waals surface area contributed by atoms with E-state index in [0.717, 1.165) is 98.0 Å². The molecular weight excluding hydrogens is 1200 g/mol. The molecule has 0 saturated heterocycles. The number of halogens is 2. The van der Waals surface area contributed by atoms with Crippen molar-refractivity contribution in [2.24, 2.45) is 0 Å². The number of carbonyl (C=O) groups excluding carboxylic acids is 9. The van der Waals surface area contributed by atoms with Crippen LogP contribution in [-0.2, 0) is 90.2 Å². The van der Waals surface area contributed by atoms with E-state index in [-0.39, 0.29) is 61.9 Å². The molecule has 416 valence electrons. The monoisotopic (exact) mass is 1250 g/mol. The average molecular weight is 1250 g/mol. The van der Waals surface area contributed by atoms with E-state index in [0.29, 0.717) is 26.6 Å². The third kappa shape index (κ3) is 22.5. The fraction of sp³-hybridized carbons (Fsp3) is 0.312. The van der Waals surface area contributed by atoms with Gasteiger partial charge in [-0.2, -0.15) is 39.0 Å². The summed E-state index contributed by atoms with van der Waals surface area (Å²) in [6, 6.07) is 0. The first-order valence-electron chi connectivity index (χ1n) is 22.7. The number of aliphatic hydroxyl groups is 1. The van der Waals surface area contributed by atoms with Gasteiger partial charge in [0, 0.05) is 41.7 Å². The first-order chi connectivity index (χ1) is 37.8. The molecule has 79 heavy (non-hydrogen) atoms. The molecule has 0 unspecified atom stereocenters. The second kappa shape index (κ2) is 35.0. The molecule has 0 bridgehead atoms. The van der Waals surface area contributed by atoms with Crippen LogP contribution in [0.1, 0.15) is 84.5 Å². The maximum atomic E-state index is 12.1. The van der Waals surface area contributed by atoms with E-state index < -0.39 is 0 Å². The number of aryl methyl sites for hydroxylation is 6. The molecule has 0 spiro atoms. The van der Waals surface area contributed by atoms with Crippen molar-refractivity contribution in [3.63, 3.8) is 0 Å². The molecule has 9 heterocycles. The predicted molar refractivity (Wildman–Crippen MR) is 301 cm³/mol. The van der Waals surface area contributed by atoms with E-state index in [1.54, 1.807) is 52.9 Å². The van der Waals surface area contributed by atoms with Crippen LogP contribution < -0.4 is 5.73 Å². The molecule has 31 heteroatoms. The molecule has 9 aromatic rings. The Morgan fingerprint density at radius 3 is 1.23 bits per heavy atom. The van der Waals surface area contributed by atoms with Gasteiger partial charge in [-0.1, -0.05) is 44.0 Å². The Hall–Kier alpha value is -6.68. The van der Waals surface area contributed by atoms with Gasteiger partial charge in [-0.25, -0.2) is 34.9 Å². The van der Waals surface area contributed by atoms with Gasteiger partial charge in [0.2, 0.25) is 0 Å². The summed E-state index contributed by atoms with van der Waals surface area (Å²) in [5, 5.41) is 30.2. The number of carbonyl (C=O) groups is 3. The van der Waals surface area contributed by atoms with E-state index in [4.69, 9.17) is 62.8 Å². The predicted octanol–water partition coefficient (Wildman–Crippen LogP) is 9.41. The first kappa shape index (κ1) is 66.6. The van der Waals surface area contributed by atoms with E-state index >= 15 is 0 Å². The molecule has 0 aliphatic rings. The Bertz CT molecular complexity index is 3310. The van der Waals surface area contributed by atoms with Crippen LogP contribution in [0.2, 0.25) is 10.0 Å². The zero-order chi connectivity index (χ0) is 58.6. The van der Waals surface area contributed by atoms with E-state index in [1.165, 1.54) is 73.8 Å². The summed E-state index contributed by atoms with van der Waals surface area (Å²) in [6.07, 6.45) is 12.1. The normalized spacial score (nSPS) is 9.90. The van der Waals surface area contributed by atoms with Crippen LogP contribution in [-0.4, -0.2) is 95.4 Å². The molecule has 3 N–H and O–H groups in total. The minimum absolute atomic E-state index is 0.0164. The van der Waals surface area contributed by atoms with Crippen LogP contribution in [0.3, 0.4) is 0 Å². The zero-order valence-electron chi connectivity index (χ0n) is 43.0. The summed E-state index contributed by atoms with van der Waals surface area (Å²) in [5.41, 5.74) is 11.2. The largest absolute Gasteiger partial charge is 0.389 e. The smallest absolute Gasteiger partial charge is 0.373 e. The van der Waals surface area contributed by atoms with Crippen molar-refractivity contribution in [1.29, 1.82) is 0 Å². The number of aliphatic hydroxyl groups excluding tert-OH is 1. The lowest BCUT2D eigenvalue weighted by atomic mass is 10.3. The second-order valence-corrected chi connectivity index (χ2v) is 23.2. The van der Waals surface area contributed by atoms with Crippen molar-refractivity contribution in [1.82, 2.24) is 54.4 Å². The second-order valence-electron chi connectivity index (χ2n) is 15.2. The number of aromatic nitrogens is 11. The molecule has 0 fully saturated rings. The summed E-state index contributed by atoms with van der Waals surface area (Å²) in [4.78, 5) is 118. The molecule has 0 amide bonds. The molecule has 0 aliphatic heterocycles. The van der Waals surface area contributed by atoms with E-state index in [1.807, 2.05) is 43.8 Å². The number of hydrogen-bond acceptors (Lipinski definition) is 27.